The first-order chi connectivity index (χ1) is 12.0. The Morgan fingerprint density at radius 3 is 2.52 bits per heavy atom. The first-order valence-corrected chi connectivity index (χ1v) is 8.38. The molecule has 0 bridgehead atoms. The predicted molar refractivity (Wildman–Crippen MR) is 93.0 cm³/mol. The quantitative estimate of drug-likeness (QED) is 0.908. The molecule has 1 aromatic heterocycles. The van der Waals surface area contributed by atoms with Gasteiger partial charge in [-0.25, -0.2) is 9.18 Å². The number of carbonyl (C=O) groups excluding carboxylic acids is 2. The van der Waals surface area contributed by atoms with E-state index in [0.29, 0.717) is 54.9 Å². The van der Waals surface area contributed by atoms with E-state index < -0.39 is 0 Å². The first-order valence-electron chi connectivity index (χ1n) is 8.38. The Morgan fingerprint density at radius 2 is 1.84 bits per heavy atom. The number of benzene rings is 1. The van der Waals surface area contributed by atoms with Gasteiger partial charge in [0.1, 0.15) is 5.82 Å². The van der Waals surface area contributed by atoms with Crippen molar-refractivity contribution < 1.29 is 14.0 Å². The molecule has 0 unspecified atom stereocenters. The number of fused-ring (bicyclic) bond motifs is 1. The molecule has 1 aromatic carbocycles. The summed E-state index contributed by atoms with van der Waals surface area (Å²) in [4.78, 5) is 32.5. The summed E-state index contributed by atoms with van der Waals surface area (Å²) in [5.41, 5.74) is 1.67. The van der Waals surface area contributed by atoms with E-state index >= 15 is 0 Å². The lowest BCUT2D eigenvalue weighted by atomic mass is 10.1. The van der Waals surface area contributed by atoms with Crippen molar-refractivity contribution in [3.63, 3.8) is 0 Å². The van der Waals surface area contributed by atoms with Crippen LogP contribution >= 0.6 is 0 Å². The fourth-order valence-electron chi connectivity index (χ4n) is 3.06. The summed E-state index contributed by atoms with van der Waals surface area (Å²) in [5, 5.41) is 3.41. The van der Waals surface area contributed by atoms with Gasteiger partial charge in [0.05, 0.1) is 11.1 Å². The molecule has 7 heteroatoms. The highest BCUT2D eigenvalue weighted by atomic mass is 19.1. The number of pyridine rings is 1. The van der Waals surface area contributed by atoms with Gasteiger partial charge in [0.2, 0.25) is 0 Å². The maximum atomic E-state index is 13.5. The third-order valence-electron chi connectivity index (χ3n) is 4.31. The molecule has 1 saturated heterocycles. The number of rotatable bonds is 2. The van der Waals surface area contributed by atoms with Crippen LogP contribution in [0, 0.1) is 12.7 Å². The molecule has 6 nitrogen and oxygen atoms in total. The molecule has 1 fully saturated rings. The van der Waals surface area contributed by atoms with E-state index in [1.165, 1.54) is 12.1 Å². The lowest BCUT2D eigenvalue weighted by Crippen LogP contribution is -2.53. The molecule has 0 atom stereocenters. The van der Waals surface area contributed by atoms with Crippen molar-refractivity contribution in [1.82, 2.24) is 20.1 Å². The number of urea groups is 1. The molecule has 1 aliphatic rings. The van der Waals surface area contributed by atoms with Gasteiger partial charge in [-0.15, -0.1) is 0 Å². The highest BCUT2D eigenvalue weighted by Gasteiger charge is 2.25. The number of aromatic nitrogens is 1. The minimum absolute atomic E-state index is 0.102. The summed E-state index contributed by atoms with van der Waals surface area (Å²) in [6, 6.07) is 5.90. The van der Waals surface area contributed by atoms with Crippen LogP contribution in [0.25, 0.3) is 10.9 Å². The molecule has 25 heavy (non-hydrogen) atoms. The molecule has 3 amide bonds. The molecule has 0 aliphatic carbocycles. The van der Waals surface area contributed by atoms with Crippen molar-refractivity contribution in [3.8, 4) is 0 Å². The number of carbonyl (C=O) groups is 2. The highest BCUT2D eigenvalue weighted by Crippen LogP contribution is 2.21. The summed E-state index contributed by atoms with van der Waals surface area (Å²) in [5.74, 6) is -0.489. The second kappa shape index (κ2) is 7.04. The van der Waals surface area contributed by atoms with Gasteiger partial charge in [-0.1, -0.05) is 0 Å². The van der Waals surface area contributed by atoms with Gasteiger partial charge in [-0.05, 0) is 32.0 Å². The maximum Gasteiger partial charge on any atom is 0.317 e. The van der Waals surface area contributed by atoms with Crippen molar-refractivity contribution in [2.45, 2.75) is 13.8 Å². The van der Waals surface area contributed by atoms with E-state index in [1.54, 1.807) is 28.9 Å². The summed E-state index contributed by atoms with van der Waals surface area (Å²) in [6.07, 6.45) is 0. The van der Waals surface area contributed by atoms with E-state index in [-0.39, 0.29) is 17.8 Å². The Balaban J connectivity index is 1.80. The molecule has 2 heterocycles. The summed E-state index contributed by atoms with van der Waals surface area (Å²) < 4.78 is 13.5. The molecule has 3 rings (SSSR count). The van der Waals surface area contributed by atoms with E-state index in [0.717, 1.165) is 0 Å². The van der Waals surface area contributed by atoms with Gasteiger partial charge in [0.15, 0.2) is 0 Å². The number of halogens is 1. The summed E-state index contributed by atoms with van der Waals surface area (Å²) >= 11 is 0. The number of amides is 3. The third-order valence-corrected chi connectivity index (χ3v) is 4.31. The molecule has 1 aliphatic heterocycles. The zero-order valence-electron chi connectivity index (χ0n) is 14.4. The topological polar surface area (TPSA) is 65.5 Å². The minimum atomic E-state index is -0.375. The van der Waals surface area contributed by atoms with Crippen molar-refractivity contribution in [2.75, 3.05) is 32.7 Å². The molecular weight excluding hydrogens is 323 g/mol. The number of hydrogen-bond acceptors (Lipinski definition) is 3. The molecule has 0 saturated carbocycles. The molecule has 1 N–H and O–H groups in total. The Labute approximate surface area is 145 Å². The predicted octanol–water partition coefficient (Wildman–Crippen LogP) is 2.17. The van der Waals surface area contributed by atoms with Crippen LogP contribution in [0.2, 0.25) is 0 Å². The Bertz CT molecular complexity index is 811. The minimum Gasteiger partial charge on any atom is -0.338 e. The van der Waals surface area contributed by atoms with E-state index in [9.17, 15) is 14.0 Å². The maximum absolute atomic E-state index is 13.5. The average molecular weight is 344 g/mol. The molecular formula is C18H21FN4O2. The Morgan fingerprint density at radius 1 is 1.16 bits per heavy atom. The first kappa shape index (κ1) is 17.1. The van der Waals surface area contributed by atoms with Crippen LogP contribution in [0.5, 0.6) is 0 Å². The molecule has 132 valence electrons. The van der Waals surface area contributed by atoms with Crippen molar-refractivity contribution in [3.05, 3.63) is 41.3 Å². The average Bonchev–Trinajstić information content (AvgIpc) is 2.60. The second-order valence-electron chi connectivity index (χ2n) is 6.09. The Hall–Kier alpha value is -2.70. The van der Waals surface area contributed by atoms with Crippen molar-refractivity contribution >= 4 is 22.8 Å². The van der Waals surface area contributed by atoms with Crippen LogP contribution in [0.3, 0.4) is 0 Å². The largest absolute Gasteiger partial charge is 0.338 e. The third kappa shape index (κ3) is 3.55. The molecule has 0 spiro atoms. The van der Waals surface area contributed by atoms with Crippen LogP contribution in [-0.4, -0.2) is 59.4 Å². The number of nitrogens with zero attached hydrogens (tertiary/aromatic N) is 3. The van der Waals surface area contributed by atoms with E-state index in [1.807, 2.05) is 6.92 Å². The van der Waals surface area contributed by atoms with Crippen LogP contribution in [0.1, 0.15) is 23.0 Å². The standard InChI is InChI=1S/C18H21FN4O2/c1-3-20-18(25)23-8-6-22(7-9-23)17(24)15-10-12(2)21-16-11-13(19)4-5-14(15)16/h4-5,10-11H,3,6-9H2,1-2H3,(H,20,25). The van der Waals surface area contributed by atoms with Gasteiger partial charge >= 0.3 is 6.03 Å². The van der Waals surface area contributed by atoms with Crippen LogP contribution in [-0.2, 0) is 0 Å². The van der Waals surface area contributed by atoms with Crippen LogP contribution < -0.4 is 5.32 Å². The number of aryl methyl sites for hydroxylation is 1. The van der Waals surface area contributed by atoms with Gasteiger partial charge in [0.25, 0.3) is 5.91 Å². The van der Waals surface area contributed by atoms with E-state index in [2.05, 4.69) is 10.3 Å². The van der Waals surface area contributed by atoms with Gasteiger partial charge < -0.3 is 15.1 Å². The fourth-order valence-corrected chi connectivity index (χ4v) is 3.06. The zero-order valence-corrected chi connectivity index (χ0v) is 14.4. The zero-order chi connectivity index (χ0) is 18.0. The second-order valence-corrected chi connectivity index (χ2v) is 6.09. The highest BCUT2D eigenvalue weighted by molar-refractivity contribution is 6.06. The SMILES string of the molecule is CCNC(=O)N1CCN(C(=O)c2cc(C)nc3cc(F)ccc23)CC1. The van der Waals surface area contributed by atoms with Crippen molar-refractivity contribution in [1.29, 1.82) is 0 Å². The van der Waals surface area contributed by atoms with Gasteiger partial charge in [-0.3, -0.25) is 9.78 Å². The smallest absolute Gasteiger partial charge is 0.317 e. The fraction of sp³-hybridized carbons (Fsp3) is 0.389. The van der Waals surface area contributed by atoms with Crippen LogP contribution in [0.15, 0.2) is 24.3 Å². The van der Waals surface area contributed by atoms with Crippen LogP contribution in [0.4, 0.5) is 9.18 Å². The Kier molecular flexibility index (Phi) is 4.83. The summed E-state index contributed by atoms with van der Waals surface area (Å²) in [7, 11) is 0. The normalized spacial score (nSPS) is 14.7. The van der Waals surface area contributed by atoms with Gasteiger partial charge in [-0.2, -0.15) is 0 Å². The number of hydrogen-bond donors (Lipinski definition) is 1. The lowest BCUT2D eigenvalue weighted by Gasteiger charge is -2.34. The molecule has 0 radical (unpaired) electrons. The monoisotopic (exact) mass is 344 g/mol. The lowest BCUT2D eigenvalue weighted by molar-refractivity contribution is 0.0667. The number of nitrogens with one attached hydrogen (secondary N) is 1. The molecule has 2 aromatic rings. The van der Waals surface area contributed by atoms with E-state index in [4.69, 9.17) is 0 Å². The summed E-state index contributed by atoms with van der Waals surface area (Å²) in [6.45, 7) is 6.17. The van der Waals surface area contributed by atoms with Gasteiger partial charge in [0, 0.05) is 49.9 Å². The number of piperazine rings is 1. The van der Waals surface area contributed by atoms with Crippen molar-refractivity contribution in [2.24, 2.45) is 0 Å².